The largest absolute Gasteiger partial charge is 0.377 e. The zero-order valence-electron chi connectivity index (χ0n) is 9.20. The van der Waals surface area contributed by atoms with E-state index in [0.717, 1.165) is 12.3 Å². The van der Waals surface area contributed by atoms with Crippen LogP contribution in [-0.2, 0) is 14.3 Å². The number of carbonyl (C=O) groups is 2. The second-order valence-corrected chi connectivity index (χ2v) is 4.90. The Morgan fingerprint density at radius 1 is 1.27 bits per heavy atom. The molecule has 0 saturated heterocycles. The summed E-state index contributed by atoms with van der Waals surface area (Å²) in [5.74, 6) is 1.61. The van der Waals surface area contributed by atoms with Gasteiger partial charge in [0.2, 0.25) is 0 Å². The van der Waals surface area contributed by atoms with E-state index in [1.165, 1.54) is 26.4 Å². The van der Waals surface area contributed by atoms with Crippen LogP contribution in [0.15, 0.2) is 0 Å². The van der Waals surface area contributed by atoms with E-state index in [1.54, 1.807) is 0 Å². The minimum Gasteiger partial charge on any atom is -0.377 e. The van der Waals surface area contributed by atoms with Crippen LogP contribution in [0.4, 0.5) is 0 Å². The van der Waals surface area contributed by atoms with Crippen molar-refractivity contribution in [2.75, 3.05) is 13.7 Å². The van der Waals surface area contributed by atoms with Gasteiger partial charge in [-0.15, -0.1) is 0 Å². The Morgan fingerprint density at radius 2 is 2.07 bits per heavy atom. The van der Waals surface area contributed by atoms with Crippen LogP contribution < -0.4 is 0 Å². The van der Waals surface area contributed by atoms with Gasteiger partial charge in [0.1, 0.15) is 12.4 Å². The number of Topliss-reactive ketones (excluding diaryl/α,β-unsaturated/α-hetero) is 2. The molecule has 2 saturated carbocycles. The Labute approximate surface area is 90.2 Å². The average Bonchev–Trinajstić information content (AvgIpc) is 2.78. The Morgan fingerprint density at radius 3 is 2.60 bits per heavy atom. The average molecular weight is 210 g/mol. The van der Waals surface area contributed by atoms with Crippen LogP contribution in [0, 0.1) is 17.8 Å². The molecular weight excluding hydrogens is 192 g/mol. The van der Waals surface area contributed by atoms with Gasteiger partial charge in [0.05, 0.1) is 6.42 Å². The molecule has 0 heterocycles. The molecule has 3 atom stereocenters. The summed E-state index contributed by atoms with van der Waals surface area (Å²) in [7, 11) is 1.49. The van der Waals surface area contributed by atoms with E-state index in [4.69, 9.17) is 4.74 Å². The summed E-state index contributed by atoms with van der Waals surface area (Å²) >= 11 is 0. The standard InChI is InChI=1S/C12H18O3/c1-15-7-10(13)6-12(14)11-5-8-2-3-9(11)4-8/h8-9,11H,2-7H2,1H3. The van der Waals surface area contributed by atoms with Gasteiger partial charge in [-0.1, -0.05) is 6.42 Å². The van der Waals surface area contributed by atoms with Gasteiger partial charge in [0.15, 0.2) is 5.78 Å². The lowest BCUT2D eigenvalue weighted by Gasteiger charge is -2.19. The van der Waals surface area contributed by atoms with E-state index >= 15 is 0 Å². The van der Waals surface area contributed by atoms with E-state index in [-0.39, 0.29) is 30.5 Å². The van der Waals surface area contributed by atoms with Crippen LogP contribution in [0.3, 0.4) is 0 Å². The van der Waals surface area contributed by atoms with Crippen LogP contribution >= 0.6 is 0 Å². The molecule has 84 valence electrons. The Kier molecular flexibility index (Phi) is 3.19. The highest BCUT2D eigenvalue weighted by atomic mass is 16.5. The first-order valence-corrected chi connectivity index (χ1v) is 5.74. The fourth-order valence-electron chi connectivity index (χ4n) is 3.18. The van der Waals surface area contributed by atoms with Crippen LogP contribution in [0.1, 0.15) is 32.1 Å². The first-order valence-electron chi connectivity index (χ1n) is 5.74. The van der Waals surface area contributed by atoms with Gasteiger partial charge in [-0.25, -0.2) is 0 Å². The van der Waals surface area contributed by atoms with Crippen molar-refractivity contribution in [1.82, 2.24) is 0 Å². The summed E-state index contributed by atoms with van der Waals surface area (Å²) < 4.78 is 4.73. The number of carbonyl (C=O) groups excluding carboxylic acids is 2. The molecule has 3 nitrogen and oxygen atoms in total. The minimum absolute atomic E-state index is 0.0759. The van der Waals surface area contributed by atoms with Gasteiger partial charge >= 0.3 is 0 Å². The van der Waals surface area contributed by atoms with Crippen molar-refractivity contribution in [3.63, 3.8) is 0 Å². The summed E-state index contributed by atoms with van der Waals surface area (Å²) in [4.78, 5) is 23.1. The van der Waals surface area contributed by atoms with Crippen LogP contribution in [-0.4, -0.2) is 25.3 Å². The number of hydrogen-bond donors (Lipinski definition) is 0. The molecule has 0 amide bonds. The predicted molar refractivity (Wildman–Crippen MR) is 55.4 cm³/mol. The molecule has 3 unspecified atom stereocenters. The Bertz CT molecular complexity index is 272. The molecule has 15 heavy (non-hydrogen) atoms. The van der Waals surface area contributed by atoms with E-state index in [0.29, 0.717) is 5.92 Å². The zero-order chi connectivity index (χ0) is 10.8. The van der Waals surface area contributed by atoms with E-state index in [9.17, 15) is 9.59 Å². The molecule has 2 rings (SSSR count). The molecule has 0 aromatic heterocycles. The monoisotopic (exact) mass is 210 g/mol. The number of ether oxygens (including phenoxy) is 1. The number of methoxy groups -OCH3 is 1. The molecule has 0 N–H and O–H groups in total. The first-order chi connectivity index (χ1) is 7.20. The highest BCUT2D eigenvalue weighted by molar-refractivity contribution is 6.00. The van der Waals surface area contributed by atoms with Gasteiger partial charge in [-0.05, 0) is 31.1 Å². The number of fused-ring (bicyclic) bond motifs is 2. The fourth-order valence-corrected chi connectivity index (χ4v) is 3.18. The molecule has 0 spiro atoms. The molecule has 2 fully saturated rings. The molecule has 0 aromatic carbocycles. The summed E-state index contributed by atoms with van der Waals surface area (Å²) in [6, 6.07) is 0. The maximum Gasteiger partial charge on any atom is 0.165 e. The highest BCUT2D eigenvalue weighted by Gasteiger charge is 2.42. The van der Waals surface area contributed by atoms with Gasteiger partial charge in [-0.2, -0.15) is 0 Å². The molecule has 3 heteroatoms. The van der Waals surface area contributed by atoms with Crippen molar-refractivity contribution in [2.24, 2.45) is 17.8 Å². The third kappa shape index (κ3) is 2.28. The van der Waals surface area contributed by atoms with Crippen molar-refractivity contribution in [1.29, 1.82) is 0 Å². The van der Waals surface area contributed by atoms with Crippen molar-refractivity contribution in [3.05, 3.63) is 0 Å². The lowest BCUT2D eigenvalue weighted by molar-refractivity contribution is -0.132. The van der Waals surface area contributed by atoms with Crippen molar-refractivity contribution < 1.29 is 14.3 Å². The van der Waals surface area contributed by atoms with E-state index < -0.39 is 0 Å². The van der Waals surface area contributed by atoms with Gasteiger partial charge in [0, 0.05) is 13.0 Å². The SMILES string of the molecule is COCC(=O)CC(=O)C1CC2CCC1C2. The molecule has 0 radical (unpaired) electrons. The maximum atomic E-state index is 11.8. The number of hydrogen-bond acceptors (Lipinski definition) is 3. The highest BCUT2D eigenvalue weighted by Crippen LogP contribution is 2.48. The third-order valence-electron chi connectivity index (χ3n) is 3.83. The minimum atomic E-state index is -0.0785. The topological polar surface area (TPSA) is 43.4 Å². The quantitative estimate of drug-likeness (QED) is 0.647. The van der Waals surface area contributed by atoms with Crippen LogP contribution in [0.5, 0.6) is 0 Å². The van der Waals surface area contributed by atoms with Crippen molar-refractivity contribution in [2.45, 2.75) is 32.1 Å². The smallest absolute Gasteiger partial charge is 0.165 e. The van der Waals surface area contributed by atoms with Gasteiger partial charge in [-0.3, -0.25) is 9.59 Å². The summed E-state index contributed by atoms with van der Waals surface area (Å²) in [6.45, 7) is 0.0759. The summed E-state index contributed by atoms with van der Waals surface area (Å²) in [6.07, 6.45) is 4.82. The van der Waals surface area contributed by atoms with Gasteiger partial charge < -0.3 is 4.74 Å². The molecule has 2 aliphatic carbocycles. The first kappa shape index (κ1) is 10.8. The van der Waals surface area contributed by atoms with E-state index in [2.05, 4.69) is 0 Å². The molecular formula is C12H18O3. The number of rotatable bonds is 5. The summed E-state index contributed by atoms with van der Waals surface area (Å²) in [5.41, 5.74) is 0. The molecule has 2 bridgehead atoms. The number of ketones is 2. The summed E-state index contributed by atoms with van der Waals surface area (Å²) in [5, 5.41) is 0. The van der Waals surface area contributed by atoms with Crippen molar-refractivity contribution in [3.8, 4) is 0 Å². The zero-order valence-corrected chi connectivity index (χ0v) is 9.20. The lowest BCUT2D eigenvalue weighted by atomic mass is 9.84. The molecule has 0 aromatic rings. The predicted octanol–water partition coefficient (Wildman–Crippen LogP) is 1.60. The van der Waals surface area contributed by atoms with E-state index in [1.807, 2.05) is 0 Å². The molecule has 0 aliphatic heterocycles. The Balaban J connectivity index is 1.84. The lowest BCUT2D eigenvalue weighted by Crippen LogP contribution is -2.24. The van der Waals surface area contributed by atoms with Crippen molar-refractivity contribution >= 4 is 11.6 Å². The maximum absolute atomic E-state index is 11.8. The normalized spacial score (nSPS) is 33.3. The fraction of sp³-hybridized carbons (Fsp3) is 0.833. The van der Waals surface area contributed by atoms with Crippen LogP contribution in [0.25, 0.3) is 0 Å². The Hall–Kier alpha value is -0.700. The van der Waals surface area contributed by atoms with Gasteiger partial charge in [0.25, 0.3) is 0 Å². The second-order valence-electron chi connectivity index (χ2n) is 4.90. The van der Waals surface area contributed by atoms with Crippen LogP contribution in [0.2, 0.25) is 0 Å². The molecule has 2 aliphatic rings. The third-order valence-corrected chi connectivity index (χ3v) is 3.83. The second kappa shape index (κ2) is 4.44.